The highest BCUT2D eigenvalue weighted by atomic mass is 16.6. The predicted molar refractivity (Wildman–Crippen MR) is 112 cm³/mol. The van der Waals surface area contributed by atoms with Crippen LogP contribution in [0.3, 0.4) is 0 Å². The zero-order chi connectivity index (χ0) is 23.3. The van der Waals surface area contributed by atoms with E-state index < -0.39 is 41.6 Å². The number of oxime groups is 1. The number of amides is 1. The first kappa shape index (κ1) is 24.0. The van der Waals surface area contributed by atoms with E-state index in [0.29, 0.717) is 17.7 Å². The molecule has 0 bridgehead atoms. The summed E-state index contributed by atoms with van der Waals surface area (Å²) in [5.74, 6) is -1.98. The predicted octanol–water partition coefficient (Wildman–Crippen LogP) is 0.728. The van der Waals surface area contributed by atoms with Gasteiger partial charge in [0.15, 0.2) is 5.78 Å². The summed E-state index contributed by atoms with van der Waals surface area (Å²) in [4.78, 5) is 40.0. The fourth-order valence-corrected chi connectivity index (χ4v) is 2.73. The molecule has 0 saturated heterocycles. The minimum absolute atomic E-state index is 0.113. The number of ether oxygens (including phenoxy) is 1. The van der Waals surface area contributed by atoms with Gasteiger partial charge in [0.1, 0.15) is 23.6 Å². The van der Waals surface area contributed by atoms with Crippen molar-refractivity contribution in [1.29, 1.82) is 5.41 Å². The average Bonchev–Trinajstić information content (AvgIpc) is 3.13. The second-order valence-corrected chi connectivity index (χ2v) is 8.11. The number of rotatable bonds is 7. The molecule has 0 aromatic heterocycles. The maximum Gasteiger partial charge on any atom is 0.413 e. The van der Waals surface area contributed by atoms with Gasteiger partial charge in [0.2, 0.25) is 0 Å². The van der Waals surface area contributed by atoms with Gasteiger partial charge < -0.3 is 26.1 Å². The van der Waals surface area contributed by atoms with Gasteiger partial charge in [-0.15, -0.1) is 0 Å². The molecule has 168 valence electrons. The Morgan fingerprint density at radius 1 is 1.26 bits per heavy atom. The normalized spacial score (nSPS) is 17.7. The number of nitrogens with one attached hydrogen (secondary N) is 2. The first-order valence-electron chi connectivity index (χ1n) is 9.56. The van der Waals surface area contributed by atoms with Crippen LogP contribution in [0, 0.1) is 5.41 Å². The van der Waals surface area contributed by atoms with E-state index in [-0.39, 0.29) is 12.3 Å². The van der Waals surface area contributed by atoms with Crippen molar-refractivity contribution in [3.05, 3.63) is 35.4 Å². The Hall–Kier alpha value is -3.31. The fraction of sp³-hybridized carbons (Fsp3) is 0.450. The van der Waals surface area contributed by atoms with Crippen molar-refractivity contribution >= 4 is 29.4 Å². The van der Waals surface area contributed by atoms with Crippen molar-refractivity contribution < 1.29 is 29.1 Å². The molecule has 11 heteroatoms. The number of ketones is 1. The Balaban J connectivity index is 1.91. The maximum atomic E-state index is 12.1. The number of nitrogens with two attached hydrogens (primary N) is 2. The molecule has 1 aliphatic heterocycles. The number of carboxylic acids is 1. The summed E-state index contributed by atoms with van der Waals surface area (Å²) in [6.45, 7) is 5.18. The third-order valence-electron chi connectivity index (χ3n) is 4.34. The Morgan fingerprint density at radius 2 is 1.87 bits per heavy atom. The van der Waals surface area contributed by atoms with Crippen LogP contribution in [0.25, 0.3) is 0 Å². The molecule has 1 heterocycles. The van der Waals surface area contributed by atoms with Gasteiger partial charge in [-0.05, 0) is 26.3 Å². The zero-order valence-corrected chi connectivity index (χ0v) is 17.5. The van der Waals surface area contributed by atoms with E-state index in [1.807, 2.05) is 0 Å². The van der Waals surface area contributed by atoms with Gasteiger partial charge in [0, 0.05) is 18.4 Å². The second-order valence-electron chi connectivity index (χ2n) is 8.11. The average molecular weight is 433 g/mol. The molecule has 11 nitrogen and oxygen atoms in total. The summed E-state index contributed by atoms with van der Waals surface area (Å²) in [7, 11) is 0. The molecule has 0 aliphatic carbocycles. The lowest BCUT2D eigenvalue weighted by Gasteiger charge is -2.19. The molecule has 0 spiro atoms. The van der Waals surface area contributed by atoms with Crippen LogP contribution in [0.2, 0.25) is 0 Å². The highest BCUT2D eigenvalue weighted by molar-refractivity contribution is 6.06. The highest BCUT2D eigenvalue weighted by Gasteiger charge is 2.31. The molecular weight excluding hydrogens is 406 g/mol. The second kappa shape index (κ2) is 9.67. The standard InChI is InChI=1S/C20H27N5O6/c1-20(2,3)30-19(29)24-17(23)11-6-4-10(5-7-11)13-8-12(31-25-13)9-14(26)15(21)16(22)18(27)28/h4-7,12,15-16H,8-9,21-22H2,1-3H3,(H,27,28)(H2,23,24,29)/t12?,15?,16-/m0/s1. The van der Waals surface area contributed by atoms with Crippen LogP contribution in [0.5, 0.6) is 0 Å². The number of hydrogen-bond acceptors (Lipinski definition) is 9. The van der Waals surface area contributed by atoms with Crippen molar-refractivity contribution in [3.63, 3.8) is 0 Å². The van der Waals surface area contributed by atoms with E-state index in [4.69, 9.17) is 31.6 Å². The van der Waals surface area contributed by atoms with Crippen LogP contribution in [0.4, 0.5) is 4.79 Å². The Labute approximate surface area is 179 Å². The Bertz CT molecular complexity index is 890. The number of Topliss-reactive ketones (excluding diaryl/α,β-unsaturated/α-hetero) is 1. The Morgan fingerprint density at radius 3 is 2.42 bits per heavy atom. The lowest BCUT2D eigenvalue weighted by Crippen LogP contribution is -2.52. The lowest BCUT2D eigenvalue weighted by molar-refractivity contribution is -0.141. The molecule has 2 unspecified atom stereocenters. The Kier molecular flexibility index (Phi) is 7.47. The van der Waals surface area contributed by atoms with Gasteiger partial charge in [-0.1, -0.05) is 29.4 Å². The van der Waals surface area contributed by atoms with E-state index in [2.05, 4.69) is 10.5 Å². The quantitative estimate of drug-likeness (QED) is 0.307. The summed E-state index contributed by atoms with van der Waals surface area (Å²) in [6, 6.07) is 3.88. The monoisotopic (exact) mass is 433 g/mol. The van der Waals surface area contributed by atoms with E-state index in [1.54, 1.807) is 45.0 Å². The summed E-state index contributed by atoms with van der Waals surface area (Å²) < 4.78 is 5.12. The molecule has 7 N–H and O–H groups in total. The van der Waals surface area contributed by atoms with Gasteiger partial charge in [-0.25, -0.2) is 4.79 Å². The van der Waals surface area contributed by atoms with Crippen molar-refractivity contribution in [2.24, 2.45) is 16.6 Å². The molecule has 1 aromatic carbocycles. The number of amidine groups is 1. The van der Waals surface area contributed by atoms with E-state index in [9.17, 15) is 14.4 Å². The zero-order valence-electron chi connectivity index (χ0n) is 17.5. The number of carbonyl (C=O) groups excluding carboxylic acids is 2. The first-order valence-corrected chi connectivity index (χ1v) is 9.56. The largest absolute Gasteiger partial charge is 0.480 e. The first-order chi connectivity index (χ1) is 14.4. The number of carboxylic acid groups (broad SMARTS) is 1. The summed E-state index contributed by atoms with van der Waals surface area (Å²) in [6.07, 6.45) is -1.07. The number of carbonyl (C=O) groups is 3. The summed E-state index contributed by atoms with van der Waals surface area (Å²) in [5.41, 5.74) is 12.1. The van der Waals surface area contributed by atoms with Gasteiger partial charge in [0.05, 0.1) is 11.8 Å². The molecule has 3 atom stereocenters. The molecule has 31 heavy (non-hydrogen) atoms. The number of hydrogen-bond donors (Lipinski definition) is 5. The molecule has 2 rings (SSSR count). The summed E-state index contributed by atoms with van der Waals surface area (Å²) in [5, 5.41) is 23.2. The maximum absolute atomic E-state index is 12.1. The van der Waals surface area contributed by atoms with Gasteiger partial charge >= 0.3 is 12.1 Å². The van der Waals surface area contributed by atoms with E-state index in [1.165, 1.54) is 0 Å². The molecule has 0 saturated carbocycles. The molecule has 0 radical (unpaired) electrons. The molecular formula is C20H27N5O6. The van der Waals surface area contributed by atoms with Crippen LogP contribution < -0.4 is 16.8 Å². The van der Waals surface area contributed by atoms with Crippen LogP contribution in [0.15, 0.2) is 29.4 Å². The molecule has 1 aliphatic rings. The number of benzene rings is 1. The van der Waals surface area contributed by atoms with E-state index in [0.717, 1.165) is 5.56 Å². The lowest BCUT2D eigenvalue weighted by atomic mass is 9.97. The number of alkyl carbamates (subject to hydrolysis) is 1. The smallest absolute Gasteiger partial charge is 0.413 e. The molecule has 1 aromatic rings. The minimum atomic E-state index is -1.48. The number of aliphatic carboxylic acids is 1. The SMILES string of the molecule is CC(C)(C)OC(=O)NC(=N)c1ccc(C2=NOC(CC(=O)C(N)[C@H](N)C(=O)O)C2)cc1. The van der Waals surface area contributed by atoms with Crippen LogP contribution in [0.1, 0.15) is 44.7 Å². The van der Waals surface area contributed by atoms with Crippen LogP contribution >= 0.6 is 0 Å². The third-order valence-corrected chi connectivity index (χ3v) is 4.34. The van der Waals surface area contributed by atoms with E-state index >= 15 is 0 Å². The minimum Gasteiger partial charge on any atom is -0.480 e. The van der Waals surface area contributed by atoms with Crippen molar-refractivity contribution in [2.75, 3.05) is 0 Å². The van der Waals surface area contributed by atoms with Gasteiger partial charge in [-0.2, -0.15) is 0 Å². The highest BCUT2D eigenvalue weighted by Crippen LogP contribution is 2.20. The van der Waals surface area contributed by atoms with Crippen LogP contribution in [-0.4, -0.2) is 58.3 Å². The van der Waals surface area contributed by atoms with Gasteiger partial charge in [-0.3, -0.25) is 20.3 Å². The topological polar surface area (TPSA) is 190 Å². The molecule has 0 fully saturated rings. The van der Waals surface area contributed by atoms with Crippen molar-refractivity contribution in [2.45, 2.75) is 57.4 Å². The number of nitrogens with zero attached hydrogens (tertiary/aromatic N) is 1. The van der Waals surface area contributed by atoms with Crippen molar-refractivity contribution in [3.8, 4) is 0 Å². The fourth-order valence-electron chi connectivity index (χ4n) is 2.73. The molecule has 1 amide bonds. The summed E-state index contributed by atoms with van der Waals surface area (Å²) >= 11 is 0. The van der Waals surface area contributed by atoms with Gasteiger partial charge in [0.25, 0.3) is 0 Å². The van der Waals surface area contributed by atoms with Crippen molar-refractivity contribution in [1.82, 2.24) is 5.32 Å². The van der Waals surface area contributed by atoms with Crippen LogP contribution in [-0.2, 0) is 19.2 Å². The third kappa shape index (κ3) is 6.86.